The zero-order chi connectivity index (χ0) is 22.2. The van der Waals surface area contributed by atoms with Crippen molar-refractivity contribution in [3.8, 4) is 11.5 Å². The summed E-state index contributed by atoms with van der Waals surface area (Å²) in [5.74, 6) is 1.05. The lowest BCUT2D eigenvalue weighted by Crippen LogP contribution is -2.36. The molecule has 0 aliphatic carbocycles. The van der Waals surface area contributed by atoms with Crippen molar-refractivity contribution in [2.24, 2.45) is 16.6 Å². The van der Waals surface area contributed by atoms with Crippen molar-refractivity contribution in [3.63, 3.8) is 0 Å². The monoisotopic (exact) mass is 447 g/mol. The Kier molecular flexibility index (Phi) is 8.69. The van der Waals surface area contributed by atoms with Crippen molar-refractivity contribution in [1.82, 2.24) is 14.9 Å². The number of fused-ring (bicyclic) bond motifs is 1. The quantitative estimate of drug-likeness (QED) is 0.168. The number of aryl methyl sites for hydroxylation is 1. The molecule has 32 heavy (non-hydrogen) atoms. The molecule has 2 aromatic rings. The van der Waals surface area contributed by atoms with Crippen LogP contribution < -0.4 is 37.1 Å². The number of benzene rings is 1. The van der Waals surface area contributed by atoms with Crippen LogP contribution in [-0.2, 0) is 22.6 Å². The number of nitrogens with zero attached hydrogens (tertiary/aromatic N) is 3. The third-order valence-corrected chi connectivity index (χ3v) is 4.38. The highest BCUT2D eigenvalue weighted by atomic mass is 16.7. The van der Waals surface area contributed by atoms with Crippen molar-refractivity contribution in [3.05, 3.63) is 46.0 Å². The predicted molar refractivity (Wildman–Crippen MR) is 119 cm³/mol. The fourth-order valence-electron chi connectivity index (χ4n) is 2.87. The van der Waals surface area contributed by atoms with Gasteiger partial charge in [0.2, 0.25) is 18.7 Å². The van der Waals surface area contributed by atoms with Gasteiger partial charge in [0.15, 0.2) is 17.3 Å². The van der Waals surface area contributed by atoms with Gasteiger partial charge in [0.1, 0.15) is 13.2 Å². The molecule has 1 amide bonds. The van der Waals surface area contributed by atoms with E-state index in [-0.39, 0.29) is 57.2 Å². The molecule has 0 unspecified atom stereocenters. The number of ether oxygens (including phenoxy) is 2. The first-order chi connectivity index (χ1) is 14.9. The summed E-state index contributed by atoms with van der Waals surface area (Å²) in [4.78, 5) is 33.8. The van der Waals surface area contributed by atoms with E-state index in [1.54, 1.807) is 13.1 Å². The van der Waals surface area contributed by atoms with Crippen molar-refractivity contribution < 1.29 is 19.1 Å². The minimum absolute atomic E-state index is 0. The largest absolute Gasteiger partial charge is 0.454 e. The summed E-state index contributed by atoms with van der Waals surface area (Å²) in [6.07, 6.45) is 2.20. The van der Waals surface area contributed by atoms with E-state index in [9.17, 15) is 9.59 Å². The van der Waals surface area contributed by atoms with Gasteiger partial charge in [0, 0.05) is 18.4 Å². The zero-order valence-corrected chi connectivity index (χ0v) is 17.1. The molecule has 2 heterocycles. The van der Waals surface area contributed by atoms with Gasteiger partial charge in [-0.15, -0.1) is 0 Å². The van der Waals surface area contributed by atoms with Crippen molar-refractivity contribution >= 4 is 17.7 Å². The standard InChI is InChI=1S/C19H25N7O5.CH4/c1-12-9-24-17(23-5-4-13-2-3-14-15(8-13)30-11-29-14)18(28)26(12)10-16(27)22-6-7-31-25-19(20)21;/h2-3,8-9H,4-7,10-11H2,1H3,(H,22,27)(H,23,24)(H4,20,21,25);1H4. The maximum absolute atomic E-state index is 12.7. The van der Waals surface area contributed by atoms with Crippen LogP contribution in [0.3, 0.4) is 0 Å². The maximum atomic E-state index is 12.7. The molecule has 174 valence electrons. The van der Waals surface area contributed by atoms with E-state index in [1.807, 2.05) is 18.2 Å². The number of nitrogens with one attached hydrogen (secondary N) is 2. The van der Waals surface area contributed by atoms with Gasteiger partial charge >= 0.3 is 0 Å². The number of guanidine groups is 1. The van der Waals surface area contributed by atoms with Crippen LogP contribution in [0.4, 0.5) is 5.82 Å². The minimum Gasteiger partial charge on any atom is -0.454 e. The van der Waals surface area contributed by atoms with E-state index >= 15 is 0 Å². The number of anilines is 1. The van der Waals surface area contributed by atoms with Crippen LogP contribution in [0.5, 0.6) is 11.5 Å². The molecule has 12 heteroatoms. The Bertz CT molecular complexity index is 1020. The van der Waals surface area contributed by atoms with E-state index in [1.165, 1.54) is 4.57 Å². The first-order valence-corrected chi connectivity index (χ1v) is 9.60. The normalized spacial score (nSPS) is 11.3. The van der Waals surface area contributed by atoms with Gasteiger partial charge in [-0.05, 0) is 36.2 Å². The van der Waals surface area contributed by atoms with Gasteiger partial charge in [-0.25, -0.2) is 4.98 Å². The van der Waals surface area contributed by atoms with Gasteiger partial charge in [0.25, 0.3) is 5.56 Å². The number of hydrogen-bond acceptors (Lipinski definition) is 8. The van der Waals surface area contributed by atoms with Gasteiger partial charge in [-0.2, -0.15) is 0 Å². The Morgan fingerprint density at radius 2 is 2.06 bits per heavy atom. The van der Waals surface area contributed by atoms with E-state index in [0.29, 0.717) is 24.4 Å². The summed E-state index contributed by atoms with van der Waals surface area (Å²) < 4.78 is 12.0. The lowest BCUT2D eigenvalue weighted by molar-refractivity contribution is -0.122. The molecule has 1 aliphatic heterocycles. The van der Waals surface area contributed by atoms with E-state index < -0.39 is 0 Å². The molecular formula is C20H29N7O5. The van der Waals surface area contributed by atoms with Crippen molar-refractivity contribution in [2.75, 3.05) is 31.8 Å². The topological polar surface area (TPSA) is 168 Å². The van der Waals surface area contributed by atoms with Crippen molar-refractivity contribution in [2.45, 2.75) is 27.3 Å². The molecule has 0 bridgehead atoms. The number of oxime groups is 1. The number of rotatable bonds is 10. The molecule has 1 aromatic carbocycles. The number of carbonyl (C=O) groups excluding carboxylic acids is 1. The van der Waals surface area contributed by atoms with E-state index in [2.05, 4.69) is 20.8 Å². The van der Waals surface area contributed by atoms with Gasteiger partial charge in [-0.1, -0.05) is 13.5 Å². The lowest BCUT2D eigenvalue weighted by atomic mass is 10.1. The first-order valence-electron chi connectivity index (χ1n) is 9.60. The molecular weight excluding hydrogens is 418 g/mol. The van der Waals surface area contributed by atoms with Crippen LogP contribution in [0, 0.1) is 6.92 Å². The number of aromatic nitrogens is 2. The second-order valence-corrected chi connectivity index (χ2v) is 6.70. The third kappa shape index (κ3) is 6.52. The highest BCUT2D eigenvalue weighted by molar-refractivity contribution is 5.76. The van der Waals surface area contributed by atoms with Crippen LogP contribution in [0.1, 0.15) is 18.7 Å². The second kappa shape index (κ2) is 11.4. The fraction of sp³-hybridized carbons (Fsp3) is 0.400. The maximum Gasteiger partial charge on any atom is 0.293 e. The minimum atomic E-state index is -0.377. The Balaban J connectivity index is 0.00000363. The SMILES string of the molecule is C.Cc1cnc(NCCc2ccc3c(c2)OCO3)c(=O)n1CC(=O)NCCON=C(N)N. The number of amides is 1. The summed E-state index contributed by atoms with van der Waals surface area (Å²) in [7, 11) is 0. The number of carbonyl (C=O) groups is 1. The summed E-state index contributed by atoms with van der Waals surface area (Å²) in [6, 6.07) is 5.71. The van der Waals surface area contributed by atoms with E-state index in [4.69, 9.17) is 25.8 Å². The zero-order valence-electron chi connectivity index (χ0n) is 17.1. The average molecular weight is 447 g/mol. The molecule has 0 saturated heterocycles. The van der Waals surface area contributed by atoms with Gasteiger partial charge in [0.05, 0.1) is 6.54 Å². The lowest BCUT2D eigenvalue weighted by Gasteiger charge is -2.12. The molecule has 0 fully saturated rings. The van der Waals surface area contributed by atoms with Crippen molar-refractivity contribution in [1.29, 1.82) is 0 Å². The molecule has 12 nitrogen and oxygen atoms in total. The Hall–Kier alpha value is -3.96. The second-order valence-electron chi connectivity index (χ2n) is 6.70. The molecule has 0 radical (unpaired) electrons. The highest BCUT2D eigenvalue weighted by Gasteiger charge is 2.14. The van der Waals surface area contributed by atoms with Crippen LogP contribution >= 0.6 is 0 Å². The summed E-state index contributed by atoms with van der Waals surface area (Å²) >= 11 is 0. The number of nitrogens with two attached hydrogens (primary N) is 2. The Labute approximate surface area is 185 Å². The average Bonchev–Trinajstić information content (AvgIpc) is 3.20. The molecule has 1 aliphatic rings. The Morgan fingerprint density at radius 1 is 1.28 bits per heavy atom. The predicted octanol–water partition coefficient (Wildman–Crippen LogP) is -0.108. The van der Waals surface area contributed by atoms with Crippen LogP contribution in [0.15, 0.2) is 34.3 Å². The summed E-state index contributed by atoms with van der Waals surface area (Å²) in [5, 5.41) is 9.01. The van der Waals surface area contributed by atoms with Crippen LogP contribution in [0.25, 0.3) is 0 Å². The first kappa shape index (κ1) is 24.3. The molecule has 1 aromatic heterocycles. The van der Waals surface area contributed by atoms with Crippen LogP contribution in [-0.4, -0.2) is 47.9 Å². The van der Waals surface area contributed by atoms with E-state index in [0.717, 1.165) is 11.3 Å². The molecule has 0 saturated carbocycles. The fourth-order valence-corrected chi connectivity index (χ4v) is 2.87. The molecule has 0 atom stereocenters. The Morgan fingerprint density at radius 3 is 2.84 bits per heavy atom. The smallest absolute Gasteiger partial charge is 0.293 e. The number of hydrogen-bond donors (Lipinski definition) is 4. The molecule has 0 spiro atoms. The van der Waals surface area contributed by atoms with Gasteiger partial charge < -0.3 is 36.4 Å². The molecule has 3 rings (SSSR count). The van der Waals surface area contributed by atoms with Crippen LogP contribution in [0.2, 0.25) is 0 Å². The summed E-state index contributed by atoms with van der Waals surface area (Å²) in [5.41, 5.74) is 11.5. The summed E-state index contributed by atoms with van der Waals surface area (Å²) in [6.45, 7) is 2.56. The highest BCUT2D eigenvalue weighted by Crippen LogP contribution is 2.32. The molecule has 6 N–H and O–H groups in total. The van der Waals surface area contributed by atoms with Gasteiger partial charge in [-0.3, -0.25) is 14.2 Å². The third-order valence-electron chi connectivity index (χ3n) is 4.38.